The lowest BCUT2D eigenvalue weighted by molar-refractivity contribution is -0.0178. The first-order valence-electron chi connectivity index (χ1n) is 6.28. The molecule has 0 amide bonds. The Morgan fingerprint density at radius 1 is 1.37 bits per heavy atom. The van der Waals surface area contributed by atoms with Gasteiger partial charge in [-0.15, -0.1) is 0 Å². The maximum absolute atomic E-state index is 5.95. The number of nitrogens with two attached hydrogens (primary N) is 1. The Hall–Kier alpha value is -1.47. The number of nitrogens with zero attached hydrogens (tertiary/aromatic N) is 3. The summed E-state index contributed by atoms with van der Waals surface area (Å²) in [5.74, 6) is 1.05. The van der Waals surface area contributed by atoms with E-state index >= 15 is 0 Å². The van der Waals surface area contributed by atoms with E-state index in [9.17, 15) is 0 Å². The number of rotatable bonds is 3. The van der Waals surface area contributed by atoms with Crippen LogP contribution in [0.3, 0.4) is 0 Å². The van der Waals surface area contributed by atoms with Crippen LogP contribution >= 0.6 is 11.5 Å². The van der Waals surface area contributed by atoms with Gasteiger partial charge >= 0.3 is 0 Å². The molecule has 3 rings (SSSR count). The van der Waals surface area contributed by atoms with Crippen LogP contribution in [0.4, 0.5) is 5.69 Å². The van der Waals surface area contributed by atoms with Crippen molar-refractivity contribution < 1.29 is 9.26 Å². The molecule has 2 aromatic heterocycles. The van der Waals surface area contributed by atoms with Gasteiger partial charge in [0.2, 0.25) is 5.82 Å². The van der Waals surface area contributed by atoms with Crippen molar-refractivity contribution in [3.63, 3.8) is 0 Å². The molecule has 1 saturated carbocycles. The van der Waals surface area contributed by atoms with Gasteiger partial charge in [-0.05, 0) is 44.1 Å². The average molecular weight is 280 g/mol. The van der Waals surface area contributed by atoms with Crippen molar-refractivity contribution >= 4 is 17.2 Å². The van der Waals surface area contributed by atoms with Crippen molar-refractivity contribution in [3.05, 3.63) is 11.5 Å². The highest BCUT2D eigenvalue weighted by atomic mass is 32.1. The third-order valence-electron chi connectivity index (χ3n) is 3.74. The van der Waals surface area contributed by atoms with E-state index in [1.807, 2.05) is 6.92 Å². The summed E-state index contributed by atoms with van der Waals surface area (Å²) in [5, 5.41) is 4.08. The normalized spacial score (nSPS) is 18.0. The molecular formula is C12H16N4O2S. The molecular weight excluding hydrogens is 264 g/mol. The number of anilines is 1. The van der Waals surface area contributed by atoms with Crippen LogP contribution in [0.15, 0.2) is 4.52 Å². The van der Waals surface area contributed by atoms with Crippen molar-refractivity contribution in [1.82, 2.24) is 14.5 Å². The number of methoxy groups -OCH3 is 1. The third-order valence-corrected chi connectivity index (χ3v) is 4.68. The quantitative estimate of drug-likeness (QED) is 0.929. The van der Waals surface area contributed by atoms with Crippen LogP contribution in [-0.4, -0.2) is 21.6 Å². The molecule has 0 radical (unpaired) electrons. The second-order valence-corrected chi connectivity index (χ2v) is 5.61. The van der Waals surface area contributed by atoms with Gasteiger partial charge in [0.15, 0.2) is 0 Å². The second kappa shape index (κ2) is 4.57. The summed E-state index contributed by atoms with van der Waals surface area (Å²) in [4.78, 5) is 5.20. The fraction of sp³-hybridized carbons (Fsp3) is 0.583. The van der Waals surface area contributed by atoms with Crippen LogP contribution in [-0.2, 0) is 10.3 Å². The van der Waals surface area contributed by atoms with Gasteiger partial charge < -0.3 is 15.0 Å². The fourth-order valence-electron chi connectivity index (χ4n) is 2.50. The van der Waals surface area contributed by atoms with Gasteiger partial charge in [-0.25, -0.2) is 0 Å². The zero-order chi connectivity index (χ0) is 13.5. The number of hydrogen-bond donors (Lipinski definition) is 1. The number of aromatic nitrogens is 3. The summed E-state index contributed by atoms with van der Waals surface area (Å²) >= 11 is 1.28. The Kier molecular flexibility index (Phi) is 3.02. The van der Waals surface area contributed by atoms with Crippen molar-refractivity contribution in [2.75, 3.05) is 12.8 Å². The molecule has 6 nitrogen and oxygen atoms in total. The van der Waals surface area contributed by atoms with Gasteiger partial charge in [0.25, 0.3) is 5.89 Å². The van der Waals surface area contributed by atoms with Gasteiger partial charge in [0, 0.05) is 7.11 Å². The Bertz CT molecular complexity index is 586. The van der Waals surface area contributed by atoms with E-state index in [1.165, 1.54) is 11.5 Å². The maximum atomic E-state index is 5.95. The van der Waals surface area contributed by atoms with Crippen LogP contribution in [0.5, 0.6) is 0 Å². The Morgan fingerprint density at radius 3 is 2.68 bits per heavy atom. The lowest BCUT2D eigenvalue weighted by Gasteiger charge is -2.22. The predicted molar refractivity (Wildman–Crippen MR) is 71.7 cm³/mol. The molecule has 1 aliphatic rings. The molecule has 0 bridgehead atoms. The molecule has 1 fully saturated rings. The maximum Gasteiger partial charge on any atom is 0.271 e. The Morgan fingerprint density at radius 2 is 2.11 bits per heavy atom. The van der Waals surface area contributed by atoms with Gasteiger partial charge in [0.05, 0.1) is 11.4 Å². The minimum Gasteiger partial charge on any atom is -0.396 e. The average Bonchev–Trinajstić information content (AvgIpc) is 3.11. The van der Waals surface area contributed by atoms with E-state index in [4.69, 9.17) is 15.0 Å². The highest BCUT2D eigenvalue weighted by Gasteiger charge is 2.40. The first-order chi connectivity index (χ1) is 9.16. The molecule has 0 spiro atoms. The van der Waals surface area contributed by atoms with Crippen LogP contribution in [0.25, 0.3) is 10.8 Å². The van der Waals surface area contributed by atoms with Crippen molar-refractivity contribution in [2.24, 2.45) is 0 Å². The molecule has 0 aromatic carbocycles. The van der Waals surface area contributed by atoms with Crippen molar-refractivity contribution in [1.29, 1.82) is 0 Å². The fourth-order valence-corrected chi connectivity index (χ4v) is 3.23. The molecule has 2 aromatic rings. The van der Waals surface area contributed by atoms with Gasteiger partial charge in [0.1, 0.15) is 10.5 Å². The number of ether oxygens (including phenoxy) is 1. The van der Waals surface area contributed by atoms with E-state index in [0.29, 0.717) is 17.4 Å². The van der Waals surface area contributed by atoms with E-state index in [-0.39, 0.29) is 0 Å². The van der Waals surface area contributed by atoms with Gasteiger partial charge in [-0.3, -0.25) is 0 Å². The van der Waals surface area contributed by atoms with Crippen molar-refractivity contribution in [3.8, 4) is 10.8 Å². The standard InChI is InChI=1S/C12H16N4O2S/c1-7-8(13)9(19-16-7)10-14-11(15-18-10)12(17-2)5-3-4-6-12/h3-6,13H2,1-2H3. The largest absolute Gasteiger partial charge is 0.396 e. The first kappa shape index (κ1) is 12.6. The van der Waals surface area contributed by atoms with Crippen molar-refractivity contribution in [2.45, 2.75) is 38.2 Å². The zero-order valence-electron chi connectivity index (χ0n) is 11.0. The summed E-state index contributed by atoms with van der Waals surface area (Å²) in [6, 6.07) is 0. The van der Waals surface area contributed by atoms with E-state index in [1.54, 1.807) is 7.11 Å². The number of nitrogen functional groups attached to an aromatic ring is 1. The molecule has 2 heterocycles. The third kappa shape index (κ3) is 1.93. The Labute approximate surface area is 115 Å². The summed E-state index contributed by atoms with van der Waals surface area (Å²) in [6.07, 6.45) is 4.11. The minimum atomic E-state index is -0.393. The zero-order valence-corrected chi connectivity index (χ0v) is 11.8. The Balaban J connectivity index is 1.97. The molecule has 0 saturated heterocycles. The lowest BCUT2D eigenvalue weighted by Crippen LogP contribution is -2.25. The molecule has 1 aliphatic carbocycles. The van der Waals surface area contributed by atoms with Crippen LogP contribution < -0.4 is 5.73 Å². The minimum absolute atomic E-state index is 0.393. The van der Waals surface area contributed by atoms with Crippen LogP contribution in [0, 0.1) is 6.92 Å². The summed E-state index contributed by atoms with van der Waals surface area (Å²) in [5.41, 5.74) is 6.96. The molecule has 0 aliphatic heterocycles. The topological polar surface area (TPSA) is 87.1 Å². The first-order valence-corrected chi connectivity index (χ1v) is 7.05. The summed E-state index contributed by atoms with van der Waals surface area (Å²) in [6.45, 7) is 1.86. The highest BCUT2D eigenvalue weighted by molar-refractivity contribution is 7.10. The summed E-state index contributed by atoms with van der Waals surface area (Å²) < 4.78 is 15.2. The SMILES string of the molecule is COC1(c2noc(-c3snc(C)c3N)n2)CCCC1. The number of aryl methyl sites for hydroxylation is 1. The molecule has 7 heteroatoms. The summed E-state index contributed by atoms with van der Waals surface area (Å²) in [7, 11) is 1.70. The van der Waals surface area contributed by atoms with E-state index in [0.717, 1.165) is 36.3 Å². The van der Waals surface area contributed by atoms with E-state index in [2.05, 4.69) is 14.5 Å². The molecule has 102 valence electrons. The number of hydrogen-bond acceptors (Lipinski definition) is 7. The highest BCUT2D eigenvalue weighted by Crippen LogP contribution is 2.41. The predicted octanol–water partition coefficient (Wildman–Crippen LogP) is 2.50. The second-order valence-electron chi connectivity index (χ2n) is 4.84. The van der Waals surface area contributed by atoms with Gasteiger partial charge in [-0.1, -0.05) is 5.16 Å². The van der Waals surface area contributed by atoms with Crippen LogP contribution in [0.2, 0.25) is 0 Å². The molecule has 0 unspecified atom stereocenters. The lowest BCUT2D eigenvalue weighted by atomic mass is 10.0. The molecule has 0 atom stereocenters. The molecule has 19 heavy (non-hydrogen) atoms. The van der Waals surface area contributed by atoms with Gasteiger partial charge in [-0.2, -0.15) is 9.36 Å². The van der Waals surface area contributed by atoms with E-state index < -0.39 is 5.60 Å². The van der Waals surface area contributed by atoms with Crippen LogP contribution in [0.1, 0.15) is 37.2 Å². The monoisotopic (exact) mass is 280 g/mol. The molecule has 2 N–H and O–H groups in total. The smallest absolute Gasteiger partial charge is 0.271 e.